The Morgan fingerprint density at radius 2 is 2.00 bits per heavy atom. The predicted molar refractivity (Wildman–Crippen MR) is 107 cm³/mol. The standard InChI is InChI=1S/C19H22N6OS/c26-14-7-8-25(11-14)13-9-16-15(20-10-13)5-6-17(21-16)22-19-24-23-18(27-19)12-3-1-2-4-12/h5-6,9-10,12,14,26H,1-4,7-8,11H2,(H,21,22,24)/t14-/m1/s1. The van der Waals surface area contributed by atoms with Gasteiger partial charge in [0.15, 0.2) is 0 Å². The van der Waals surface area contributed by atoms with Crippen LogP contribution in [0.4, 0.5) is 16.6 Å². The van der Waals surface area contributed by atoms with Gasteiger partial charge in [-0.1, -0.05) is 24.2 Å². The van der Waals surface area contributed by atoms with E-state index in [9.17, 15) is 5.11 Å². The number of anilines is 3. The second-order valence-electron chi connectivity index (χ2n) is 7.37. The number of aromatic nitrogens is 4. The summed E-state index contributed by atoms with van der Waals surface area (Å²) in [4.78, 5) is 11.4. The summed E-state index contributed by atoms with van der Waals surface area (Å²) in [5, 5.41) is 23.6. The van der Waals surface area contributed by atoms with Gasteiger partial charge in [0.2, 0.25) is 5.13 Å². The van der Waals surface area contributed by atoms with Crippen LogP contribution in [0.5, 0.6) is 0 Å². The van der Waals surface area contributed by atoms with Crippen molar-refractivity contribution in [3.05, 3.63) is 29.4 Å². The molecule has 0 aromatic carbocycles. The molecule has 0 spiro atoms. The zero-order chi connectivity index (χ0) is 18.2. The van der Waals surface area contributed by atoms with Gasteiger partial charge in [-0.2, -0.15) is 0 Å². The van der Waals surface area contributed by atoms with Crippen molar-refractivity contribution in [1.29, 1.82) is 0 Å². The van der Waals surface area contributed by atoms with Gasteiger partial charge < -0.3 is 15.3 Å². The summed E-state index contributed by atoms with van der Waals surface area (Å²) in [5.74, 6) is 1.32. The molecule has 1 aliphatic heterocycles. The van der Waals surface area contributed by atoms with E-state index in [0.29, 0.717) is 12.5 Å². The lowest BCUT2D eigenvalue weighted by Gasteiger charge is -2.17. The Kier molecular flexibility index (Phi) is 4.37. The molecule has 3 aromatic rings. The summed E-state index contributed by atoms with van der Waals surface area (Å²) in [6.07, 6.45) is 7.44. The average molecular weight is 382 g/mol. The normalized spacial score (nSPS) is 20.6. The third kappa shape index (κ3) is 3.46. The molecule has 4 heterocycles. The number of aliphatic hydroxyl groups is 1. The van der Waals surface area contributed by atoms with Gasteiger partial charge in [-0.15, -0.1) is 10.2 Å². The minimum atomic E-state index is -0.256. The predicted octanol–water partition coefficient (Wildman–Crippen LogP) is 3.45. The van der Waals surface area contributed by atoms with Gasteiger partial charge in [0.05, 0.1) is 29.0 Å². The Balaban J connectivity index is 1.37. The molecule has 1 saturated heterocycles. The van der Waals surface area contributed by atoms with Gasteiger partial charge in [-0.3, -0.25) is 4.98 Å². The van der Waals surface area contributed by atoms with Gasteiger partial charge in [0.25, 0.3) is 0 Å². The summed E-state index contributed by atoms with van der Waals surface area (Å²) in [7, 11) is 0. The minimum absolute atomic E-state index is 0.256. The van der Waals surface area contributed by atoms with Crippen LogP contribution in [0.3, 0.4) is 0 Å². The summed E-state index contributed by atoms with van der Waals surface area (Å²) >= 11 is 1.63. The monoisotopic (exact) mass is 382 g/mol. The van der Waals surface area contributed by atoms with Crippen LogP contribution in [0, 0.1) is 0 Å². The molecule has 2 fully saturated rings. The summed E-state index contributed by atoms with van der Waals surface area (Å²) in [6, 6.07) is 5.92. The molecule has 1 aliphatic carbocycles. The molecule has 0 amide bonds. The van der Waals surface area contributed by atoms with Crippen LogP contribution in [0.1, 0.15) is 43.0 Å². The Bertz CT molecular complexity index is 954. The number of β-amino-alcohol motifs (C(OH)–C–C–N with tert-alkyl or cyclic N) is 1. The van der Waals surface area contributed by atoms with Crippen molar-refractivity contribution < 1.29 is 5.11 Å². The number of aliphatic hydroxyl groups excluding tert-OH is 1. The fraction of sp³-hybridized carbons (Fsp3) is 0.474. The maximum absolute atomic E-state index is 9.76. The second kappa shape index (κ2) is 7.01. The molecule has 0 bridgehead atoms. The van der Waals surface area contributed by atoms with Crippen LogP contribution in [0.2, 0.25) is 0 Å². The first-order valence-electron chi connectivity index (χ1n) is 9.55. The molecule has 2 aliphatic rings. The number of nitrogens with zero attached hydrogens (tertiary/aromatic N) is 5. The minimum Gasteiger partial charge on any atom is -0.391 e. The van der Waals surface area contributed by atoms with Crippen LogP contribution in [-0.2, 0) is 0 Å². The maximum atomic E-state index is 9.76. The van der Waals surface area contributed by atoms with Crippen molar-refractivity contribution in [1.82, 2.24) is 20.2 Å². The number of fused-ring (bicyclic) bond motifs is 1. The highest BCUT2D eigenvalue weighted by Gasteiger charge is 2.22. The molecule has 5 rings (SSSR count). The third-order valence-electron chi connectivity index (χ3n) is 5.43. The van der Waals surface area contributed by atoms with Gasteiger partial charge in [0.1, 0.15) is 10.8 Å². The molecule has 2 N–H and O–H groups in total. The molecule has 0 radical (unpaired) electrons. The average Bonchev–Trinajstić information content (AvgIpc) is 3.42. The summed E-state index contributed by atoms with van der Waals surface area (Å²) < 4.78 is 0. The lowest BCUT2D eigenvalue weighted by Crippen LogP contribution is -2.21. The number of pyridine rings is 2. The largest absolute Gasteiger partial charge is 0.391 e. The lowest BCUT2D eigenvalue weighted by atomic mass is 10.1. The number of hydrogen-bond donors (Lipinski definition) is 2. The maximum Gasteiger partial charge on any atom is 0.211 e. The van der Waals surface area contributed by atoms with Crippen molar-refractivity contribution in [2.45, 2.75) is 44.1 Å². The Morgan fingerprint density at radius 3 is 2.81 bits per heavy atom. The molecular weight excluding hydrogens is 360 g/mol. The SMILES string of the molecule is O[C@@H]1CCN(c2cnc3ccc(Nc4nnc(C5CCCC5)s4)nc3c2)C1. The van der Waals surface area contributed by atoms with Crippen molar-refractivity contribution in [2.24, 2.45) is 0 Å². The van der Waals surface area contributed by atoms with E-state index < -0.39 is 0 Å². The van der Waals surface area contributed by atoms with E-state index in [2.05, 4.69) is 25.4 Å². The van der Waals surface area contributed by atoms with E-state index >= 15 is 0 Å². The van der Waals surface area contributed by atoms with Gasteiger partial charge in [-0.25, -0.2) is 4.98 Å². The van der Waals surface area contributed by atoms with E-state index in [4.69, 9.17) is 4.98 Å². The van der Waals surface area contributed by atoms with E-state index in [1.54, 1.807) is 11.3 Å². The van der Waals surface area contributed by atoms with Gasteiger partial charge in [-0.05, 0) is 37.5 Å². The topological polar surface area (TPSA) is 87.1 Å². The Hall–Kier alpha value is -2.32. The van der Waals surface area contributed by atoms with Gasteiger partial charge >= 0.3 is 0 Å². The molecule has 7 nitrogen and oxygen atoms in total. The van der Waals surface area contributed by atoms with Gasteiger partial charge in [0, 0.05) is 19.0 Å². The third-order valence-corrected chi connectivity index (χ3v) is 6.43. The molecule has 3 aromatic heterocycles. The smallest absolute Gasteiger partial charge is 0.211 e. The van der Waals surface area contributed by atoms with Crippen molar-refractivity contribution >= 4 is 39.0 Å². The Morgan fingerprint density at radius 1 is 1.11 bits per heavy atom. The van der Waals surface area contributed by atoms with Crippen LogP contribution >= 0.6 is 11.3 Å². The molecule has 0 unspecified atom stereocenters. The first kappa shape index (κ1) is 16.8. The molecule has 27 heavy (non-hydrogen) atoms. The van der Waals surface area contributed by atoms with Crippen LogP contribution in [-0.4, -0.2) is 44.5 Å². The molecule has 8 heteroatoms. The van der Waals surface area contributed by atoms with E-state index in [1.807, 2.05) is 24.4 Å². The highest BCUT2D eigenvalue weighted by atomic mass is 32.1. The summed E-state index contributed by atoms with van der Waals surface area (Å²) in [5.41, 5.74) is 2.69. The first-order valence-corrected chi connectivity index (χ1v) is 10.4. The van der Waals surface area contributed by atoms with Crippen molar-refractivity contribution in [3.8, 4) is 0 Å². The molecule has 140 valence electrons. The number of rotatable bonds is 4. The molecule has 1 saturated carbocycles. The first-order chi connectivity index (χ1) is 13.2. The highest BCUT2D eigenvalue weighted by Crippen LogP contribution is 2.37. The lowest BCUT2D eigenvalue weighted by molar-refractivity contribution is 0.198. The number of nitrogens with one attached hydrogen (secondary N) is 1. The van der Waals surface area contributed by atoms with Crippen molar-refractivity contribution in [2.75, 3.05) is 23.3 Å². The van der Waals surface area contributed by atoms with E-state index in [1.165, 1.54) is 25.7 Å². The van der Waals surface area contributed by atoms with Crippen molar-refractivity contribution in [3.63, 3.8) is 0 Å². The highest BCUT2D eigenvalue weighted by molar-refractivity contribution is 7.15. The fourth-order valence-electron chi connectivity index (χ4n) is 3.95. The quantitative estimate of drug-likeness (QED) is 0.714. The zero-order valence-electron chi connectivity index (χ0n) is 15.0. The fourth-order valence-corrected chi connectivity index (χ4v) is 4.87. The summed E-state index contributed by atoms with van der Waals surface area (Å²) in [6.45, 7) is 1.50. The molecule has 1 atom stereocenters. The van der Waals surface area contributed by atoms with Crippen LogP contribution < -0.4 is 10.2 Å². The Labute approximate surface area is 161 Å². The zero-order valence-corrected chi connectivity index (χ0v) is 15.8. The molecular formula is C19H22N6OS. The number of hydrogen-bond acceptors (Lipinski definition) is 8. The second-order valence-corrected chi connectivity index (χ2v) is 8.38. The van der Waals surface area contributed by atoms with E-state index in [-0.39, 0.29) is 6.10 Å². The van der Waals surface area contributed by atoms with Crippen LogP contribution in [0.25, 0.3) is 11.0 Å². The van der Waals surface area contributed by atoms with E-state index in [0.717, 1.165) is 45.6 Å². The van der Waals surface area contributed by atoms with Crippen LogP contribution in [0.15, 0.2) is 24.4 Å².